The van der Waals surface area contributed by atoms with E-state index in [1.54, 1.807) is 13.1 Å². The third-order valence-corrected chi connectivity index (χ3v) is 5.64. The molecule has 19 heavy (non-hydrogen) atoms. The van der Waals surface area contributed by atoms with E-state index in [0.29, 0.717) is 23.0 Å². The highest BCUT2D eigenvalue weighted by Crippen LogP contribution is 2.34. The predicted molar refractivity (Wildman–Crippen MR) is 77.1 cm³/mol. The van der Waals surface area contributed by atoms with Crippen LogP contribution in [0.1, 0.15) is 18.9 Å². The standard InChI is InChI=1S/C12H16Cl2N2O2S/c1-7-5-10(7)16-19(17,18)11-4-3-9(13)8(6-15-2)12(11)14/h3-4,7,10,15-16H,5-6H2,1-2H3. The van der Waals surface area contributed by atoms with E-state index in [4.69, 9.17) is 23.2 Å². The fourth-order valence-electron chi connectivity index (χ4n) is 1.87. The summed E-state index contributed by atoms with van der Waals surface area (Å²) in [5, 5.41) is 3.56. The van der Waals surface area contributed by atoms with Gasteiger partial charge in [0, 0.05) is 23.2 Å². The van der Waals surface area contributed by atoms with Gasteiger partial charge in [0.25, 0.3) is 0 Å². The topological polar surface area (TPSA) is 58.2 Å². The summed E-state index contributed by atoms with van der Waals surface area (Å²) in [4.78, 5) is 0.0860. The molecular formula is C12H16Cl2N2O2S. The average molecular weight is 323 g/mol. The van der Waals surface area contributed by atoms with Gasteiger partial charge in [-0.2, -0.15) is 0 Å². The Bertz CT molecular complexity index is 590. The van der Waals surface area contributed by atoms with Gasteiger partial charge in [-0.1, -0.05) is 30.1 Å². The van der Waals surface area contributed by atoms with Crippen molar-refractivity contribution in [1.82, 2.24) is 10.0 Å². The molecular weight excluding hydrogens is 307 g/mol. The van der Waals surface area contributed by atoms with Crippen LogP contribution in [0.5, 0.6) is 0 Å². The van der Waals surface area contributed by atoms with Crippen molar-refractivity contribution in [3.05, 3.63) is 27.7 Å². The number of benzene rings is 1. The van der Waals surface area contributed by atoms with E-state index in [2.05, 4.69) is 10.0 Å². The van der Waals surface area contributed by atoms with Crippen LogP contribution >= 0.6 is 23.2 Å². The molecule has 0 aliphatic heterocycles. The molecule has 1 fully saturated rings. The van der Waals surface area contributed by atoms with Gasteiger partial charge < -0.3 is 5.32 Å². The third kappa shape index (κ3) is 3.23. The van der Waals surface area contributed by atoms with Crippen LogP contribution in [0.15, 0.2) is 17.0 Å². The molecule has 2 rings (SSSR count). The fourth-order valence-corrected chi connectivity index (χ4v) is 4.14. The summed E-state index contributed by atoms with van der Waals surface area (Å²) in [6.45, 7) is 2.42. The highest BCUT2D eigenvalue weighted by atomic mass is 35.5. The molecule has 1 aromatic rings. The molecule has 1 saturated carbocycles. The number of nitrogens with one attached hydrogen (secondary N) is 2. The molecule has 0 heterocycles. The number of sulfonamides is 1. The molecule has 4 nitrogen and oxygen atoms in total. The molecule has 106 valence electrons. The van der Waals surface area contributed by atoms with E-state index in [1.807, 2.05) is 6.92 Å². The third-order valence-electron chi connectivity index (χ3n) is 3.21. The second kappa shape index (κ2) is 5.58. The molecule has 2 atom stereocenters. The van der Waals surface area contributed by atoms with Crippen LogP contribution in [0.3, 0.4) is 0 Å². The number of rotatable bonds is 5. The van der Waals surface area contributed by atoms with Crippen molar-refractivity contribution in [3.8, 4) is 0 Å². The monoisotopic (exact) mass is 322 g/mol. The van der Waals surface area contributed by atoms with Gasteiger partial charge in [-0.25, -0.2) is 13.1 Å². The first-order valence-corrected chi connectivity index (χ1v) is 8.24. The van der Waals surface area contributed by atoms with E-state index >= 15 is 0 Å². The summed E-state index contributed by atoms with van der Waals surface area (Å²) in [5.41, 5.74) is 0.595. The van der Waals surface area contributed by atoms with E-state index in [1.165, 1.54) is 6.07 Å². The maximum Gasteiger partial charge on any atom is 0.242 e. The number of hydrogen-bond acceptors (Lipinski definition) is 3. The van der Waals surface area contributed by atoms with Gasteiger partial charge in [-0.15, -0.1) is 0 Å². The Hall–Kier alpha value is -0.330. The second-order valence-electron chi connectivity index (χ2n) is 4.81. The molecule has 0 aromatic heterocycles. The van der Waals surface area contributed by atoms with Crippen molar-refractivity contribution in [3.63, 3.8) is 0 Å². The van der Waals surface area contributed by atoms with Crippen LogP contribution in [0.2, 0.25) is 10.0 Å². The van der Waals surface area contributed by atoms with E-state index < -0.39 is 10.0 Å². The first-order valence-electron chi connectivity index (χ1n) is 6.00. The molecule has 1 aromatic carbocycles. The highest BCUT2D eigenvalue weighted by molar-refractivity contribution is 7.89. The van der Waals surface area contributed by atoms with Crippen molar-refractivity contribution >= 4 is 33.2 Å². The SMILES string of the molecule is CNCc1c(Cl)ccc(S(=O)(=O)NC2CC2C)c1Cl. The molecule has 0 bridgehead atoms. The zero-order valence-electron chi connectivity index (χ0n) is 10.7. The fraction of sp³-hybridized carbons (Fsp3) is 0.500. The van der Waals surface area contributed by atoms with Gasteiger partial charge in [0.05, 0.1) is 5.02 Å². The highest BCUT2D eigenvalue weighted by Gasteiger charge is 2.37. The van der Waals surface area contributed by atoms with Gasteiger partial charge in [0.15, 0.2) is 0 Å². The quantitative estimate of drug-likeness (QED) is 0.875. The maximum atomic E-state index is 12.3. The Morgan fingerprint density at radius 1 is 1.37 bits per heavy atom. The van der Waals surface area contributed by atoms with E-state index in [0.717, 1.165) is 6.42 Å². The van der Waals surface area contributed by atoms with Gasteiger partial charge in [-0.05, 0) is 31.5 Å². The molecule has 2 unspecified atom stereocenters. The molecule has 1 aliphatic carbocycles. The summed E-state index contributed by atoms with van der Waals surface area (Å²) < 4.78 is 27.2. The zero-order valence-corrected chi connectivity index (χ0v) is 13.0. The molecule has 0 saturated heterocycles. The van der Waals surface area contributed by atoms with Gasteiger partial charge in [0.1, 0.15) is 4.90 Å². The number of hydrogen-bond donors (Lipinski definition) is 2. The second-order valence-corrected chi connectivity index (χ2v) is 7.28. The summed E-state index contributed by atoms with van der Waals surface area (Å²) in [7, 11) is -1.84. The Labute approximate surface area is 123 Å². The van der Waals surface area contributed by atoms with Crippen molar-refractivity contribution in [2.75, 3.05) is 7.05 Å². The first kappa shape index (κ1) is 15.1. The lowest BCUT2D eigenvalue weighted by molar-refractivity contribution is 0.578. The minimum absolute atomic E-state index is 0.0181. The van der Waals surface area contributed by atoms with Crippen LogP contribution in [0.25, 0.3) is 0 Å². The molecule has 2 N–H and O–H groups in total. The molecule has 1 aliphatic rings. The summed E-state index contributed by atoms with van der Waals surface area (Å²) >= 11 is 12.2. The maximum absolute atomic E-state index is 12.3. The van der Waals surface area contributed by atoms with Crippen molar-refractivity contribution in [2.24, 2.45) is 5.92 Å². The van der Waals surface area contributed by atoms with Gasteiger partial charge >= 0.3 is 0 Å². The lowest BCUT2D eigenvalue weighted by atomic mass is 10.2. The summed E-state index contributed by atoms with van der Waals surface area (Å²) in [5.74, 6) is 0.387. The van der Waals surface area contributed by atoms with Crippen molar-refractivity contribution < 1.29 is 8.42 Å². The van der Waals surface area contributed by atoms with Crippen LogP contribution in [-0.2, 0) is 16.6 Å². The Balaban J connectivity index is 2.36. The normalized spacial score (nSPS) is 22.5. The van der Waals surface area contributed by atoms with Crippen molar-refractivity contribution in [2.45, 2.75) is 30.8 Å². The van der Waals surface area contributed by atoms with Crippen LogP contribution in [0, 0.1) is 5.92 Å². The van der Waals surface area contributed by atoms with Crippen LogP contribution in [-0.4, -0.2) is 21.5 Å². The molecule has 0 spiro atoms. The van der Waals surface area contributed by atoms with Crippen LogP contribution in [0.4, 0.5) is 0 Å². The van der Waals surface area contributed by atoms with Gasteiger partial charge in [-0.3, -0.25) is 0 Å². The Kier molecular flexibility index (Phi) is 4.42. The van der Waals surface area contributed by atoms with Crippen LogP contribution < -0.4 is 10.0 Å². The molecule has 0 radical (unpaired) electrons. The first-order chi connectivity index (χ1) is 8.86. The number of halogens is 2. The smallest absolute Gasteiger partial charge is 0.242 e. The van der Waals surface area contributed by atoms with E-state index in [-0.39, 0.29) is 16.0 Å². The van der Waals surface area contributed by atoms with Gasteiger partial charge in [0.2, 0.25) is 10.0 Å². The minimum Gasteiger partial charge on any atom is -0.316 e. The van der Waals surface area contributed by atoms with Crippen molar-refractivity contribution in [1.29, 1.82) is 0 Å². The Morgan fingerprint density at radius 2 is 2.00 bits per heavy atom. The average Bonchev–Trinajstić information content (AvgIpc) is 2.98. The molecule has 7 heteroatoms. The molecule has 0 amide bonds. The zero-order chi connectivity index (χ0) is 14.2. The predicted octanol–water partition coefficient (Wildman–Crippen LogP) is 2.40. The lowest BCUT2D eigenvalue weighted by Gasteiger charge is -2.12. The summed E-state index contributed by atoms with van der Waals surface area (Å²) in [6, 6.07) is 3.02. The minimum atomic E-state index is -3.59. The lowest BCUT2D eigenvalue weighted by Crippen LogP contribution is -2.27. The Morgan fingerprint density at radius 3 is 2.53 bits per heavy atom. The largest absolute Gasteiger partial charge is 0.316 e. The summed E-state index contributed by atoms with van der Waals surface area (Å²) in [6.07, 6.45) is 0.869. The van der Waals surface area contributed by atoms with E-state index in [9.17, 15) is 8.42 Å².